The van der Waals surface area contributed by atoms with Crippen LogP contribution in [0, 0.1) is 11.3 Å². The zero-order chi connectivity index (χ0) is 22.9. The zero-order valence-electron chi connectivity index (χ0n) is 17.6. The monoisotopic (exact) mass is 433 g/mol. The van der Waals surface area contributed by atoms with E-state index in [1.54, 1.807) is 12.1 Å². The number of pyridine rings is 1. The summed E-state index contributed by atoms with van der Waals surface area (Å²) in [6, 6.07) is 28.4. The summed E-state index contributed by atoms with van der Waals surface area (Å²) in [5, 5.41) is 20.6. The number of nitrogens with zero attached hydrogens (tertiary/aromatic N) is 3. The fraction of sp³-hybridized carbons (Fsp3) is 0.0741. The number of fused-ring (bicyclic) bond motifs is 3. The Morgan fingerprint density at radius 1 is 0.879 bits per heavy atom. The van der Waals surface area contributed by atoms with Gasteiger partial charge in [-0.2, -0.15) is 5.26 Å². The quantitative estimate of drug-likeness (QED) is 0.438. The lowest BCUT2D eigenvalue weighted by atomic mass is 10.1. The zero-order valence-corrected chi connectivity index (χ0v) is 17.6. The minimum absolute atomic E-state index is 0.376. The maximum atomic E-state index is 13.8. The van der Waals surface area contributed by atoms with Gasteiger partial charge in [0.15, 0.2) is 0 Å². The molecule has 0 saturated heterocycles. The molecule has 160 valence electrons. The van der Waals surface area contributed by atoms with E-state index in [0.29, 0.717) is 23.3 Å². The Morgan fingerprint density at radius 2 is 1.58 bits per heavy atom. The Hall–Kier alpha value is -4.63. The first-order valence-electron chi connectivity index (χ1n) is 10.5. The molecule has 6 heteroatoms. The van der Waals surface area contributed by atoms with Crippen molar-refractivity contribution in [1.82, 2.24) is 9.13 Å². The smallest absolute Gasteiger partial charge is 0.323 e. The number of carboxylic acid groups (broad SMARTS) is 1. The Balaban J connectivity index is 1.90. The highest BCUT2D eigenvalue weighted by molar-refractivity contribution is 6.09. The fourth-order valence-corrected chi connectivity index (χ4v) is 4.34. The number of aliphatic carboxylic acids is 1. The third-order valence-electron chi connectivity index (χ3n) is 5.80. The van der Waals surface area contributed by atoms with Gasteiger partial charge < -0.3 is 9.67 Å². The minimum atomic E-state index is -1.09. The van der Waals surface area contributed by atoms with Crippen LogP contribution in [-0.2, 0) is 17.9 Å². The lowest BCUT2D eigenvalue weighted by Crippen LogP contribution is -2.27. The van der Waals surface area contributed by atoms with Gasteiger partial charge in [0.25, 0.3) is 5.56 Å². The molecule has 6 nitrogen and oxygen atoms in total. The summed E-state index contributed by atoms with van der Waals surface area (Å²) < 4.78 is 3.20. The van der Waals surface area contributed by atoms with Gasteiger partial charge in [0.1, 0.15) is 12.1 Å². The SMILES string of the molecule is N#Cc1ccc2c3cc(-c4ccccc4)n(CC(=O)O)c(=O)c3n(Cc3ccccc3)c2c1. The molecule has 5 rings (SSSR count). The van der Waals surface area contributed by atoms with Gasteiger partial charge in [-0.3, -0.25) is 14.2 Å². The van der Waals surface area contributed by atoms with Gasteiger partial charge in [0.05, 0.1) is 22.8 Å². The highest BCUT2D eigenvalue weighted by Crippen LogP contribution is 2.32. The Labute approximate surface area is 189 Å². The Kier molecular flexibility index (Phi) is 5.00. The molecular weight excluding hydrogens is 414 g/mol. The predicted molar refractivity (Wildman–Crippen MR) is 127 cm³/mol. The number of aromatic nitrogens is 2. The van der Waals surface area contributed by atoms with Crippen molar-refractivity contribution >= 4 is 27.8 Å². The highest BCUT2D eigenvalue weighted by atomic mass is 16.4. The van der Waals surface area contributed by atoms with E-state index in [2.05, 4.69) is 6.07 Å². The van der Waals surface area contributed by atoms with Crippen LogP contribution < -0.4 is 5.56 Å². The third-order valence-corrected chi connectivity index (χ3v) is 5.80. The average molecular weight is 433 g/mol. The molecule has 0 bridgehead atoms. The van der Waals surface area contributed by atoms with Crippen LogP contribution in [0.5, 0.6) is 0 Å². The summed E-state index contributed by atoms with van der Waals surface area (Å²) in [6.07, 6.45) is 0. The van der Waals surface area contributed by atoms with E-state index in [1.165, 1.54) is 4.57 Å². The minimum Gasteiger partial charge on any atom is -0.480 e. The van der Waals surface area contributed by atoms with Crippen molar-refractivity contribution in [3.05, 3.63) is 106 Å². The molecule has 0 fully saturated rings. The van der Waals surface area contributed by atoms with E-state index < -0.39 is 12.5 Å². The molecule has 0 aliphatic heterocycles. The maximum Gasteiger partial charge on any atom is 0.323 e. The molecule has 5 aromatic rings. The number of rotatable bonds is 5. The second-order valence-corrected chi connectivity index (χ2v) is 7.86. The molecular formula is C27H19N3O3. The van der Waals surface area contributed by atoms with Crippen molar-refractivity contribution in [2.45, 2.75) is 13.1 Å². The number of benzene rings is 3. The van der Waals surface area contributed by atoms with Crippen molar-refractivity contribution in [1.29, 1.82) is 5.26 Å². The summed E-state index contributed by atoms with van der Waals surface area (Å²) >= 11 is 0. The molecule has 0 amide bonds. The second kappa shape index (κ2) is 8.13. The molecule has 33 heavy (non-hydrogen) atoms. The number of hydrogen-bond donors (Lipinski definition) is 1. The van der Waals surface area contributed by atoms with E-state index >= 15 is 0 Å². The Morgan fingerprint density at radius 3 is 2.24 bits per heavy atom. The van der Waals surface area contributed by atoms with Gasteiger partial charge in [0, 0.05) is 17.3 Å². The van der Waals surface area contributed by atoms with Crippen LogP contribution in [0.2, 0.25) is 0 Å². The van der Waals surface area contributed by atoms with E-state index in [4.69, 9.17) is 0 Å². The first kappa shape index (κ1) is 20.3. The molecule has 0 unspecified atom stereocenters. The third kappa shape index (κ3) is 3.56. The van der Waals surface area contributed by atoms with E-state index in [0.717, 1.165) is 27.4 Å². The summed E-state index contributed by atoms with van der Waals surface area (Å²) in [7, 11) is 0. The molecule has 2 heterocycles. The van der Waals surface area contributed by atoms with Gasteiger partial charge in [-0.05, 0) is 29.3 Å². The number of carboxylic acids is 1. The lowest BCUT2D eigenvalue weighted by molar-refractivity contribution is -0.137. The van der Waals surface area contributed by atoms with E-state index in [1.807, 2.05) is 77.4 Å². The molecule has 3 aromatic carbocycles. The predicted octanol–water partition coefficient (Wildman–Crippen LogP) is 4.63. The largest absolute Gasteiger partial charge is 0.480 e. The van der Waals surface area contributed by atoms with Gasteiger partial charge in [-0.15, -0.1) is 0 Å². The fourth-order valence-electron chi connectivity index (χ4n) is 4.34. The molecule has 2 aromatic heterocycles. The molecule has 0 aliphatic carbocycles. The number of carbonyl (C=O) groups is 1. The van der Waals surface area contributed by atoms with E-state index in [-0.39, 0.29) is 5.56 Å². The second-order valence-electron chi connectivity index (χ2n) is 7.86. The lowest BCUT2D eigenvalue weighted by Gasteiger charge is -2.13. The van der Waals surface area contributed by atoms with Crippen molar-refractivity contribution < 1.29 is 9.90 Å². The van der Waals surface area contributed by atoms with Crippen molar-refractivity contribution in [3.8, 4) is 17.3 Å². The van der Waals surface area contributed by atoms with Crippen molar-refractivity contribution in [3.63, 3.8) is 0 Å². The maximum absolute atomic E-state index is 13.8. The first-order valence-corrected chi connectivity index (χ1v) is 10.5. The van der Waals surface area contributed by atoms with Crippen molar-refractivity contribution in [2.75, 3.05) is 0 Å². The summed E-state index contributed by atoms with van der Waals surface area (Å²) in [6.45, 7) is -0.0297. The molecule has 1 N–H and O–H groups in total. The van der Waals surface area contributed by atoms with Crippen LogP contribution >= 0.6 is 0 Å². The molecule has 0 radical (unpaired) electrons. The highest BCUT2D eigenvalue weighted by Gasteiger charge is 2.20. The van der Waals surface area contributed by atoms with Crippen LogP contribution in [-0.4, -0.2) is 20.2 Å². The normalized spacial score (nSPS) is 11.0. The average Bonchev–Trinajstić information content (AvgIpc) is 3.14. The Bertz CT molecular complexity index is 1610. The van der Waals surface area contributed by atoms with Crippen LogP contribution in [0.3, 0.4) is 0 Å². The number of hydrogen-bond acceptors (Lipinski definition) is 3. The van der Waals surface area contributed by atoms with Crippen LogP contribution in [0.15, 0.2) is 89.7 Å². The summed E-state index contributed by atoms with van der Waals surface area (Å²) in [5.74, 6) is -1.09. The van der Waals surface area contributed by atoms with E-state index in [9.17, 15) is 20.0 Å². The number of nitriles is 1. The topological polar surface area (TPSA) is 88.0 Å². The van der Waals surface area contributed by atoms with Gasteiger partial charge in [0.2, 0.25) is 0 Å². The standard InChI is InChI=1S/C27H19N3O3/c28-15-19-11-12-21-22-14-23(20-9-5-2-6-10-20)30(17-25(31)32)27(33)26(22)29(24(21)13-19)16-18-7-3-1-4-8-18/h1-14H,16-17H2,(H,31,32). The molecule has 0 aliphatic rings. The molecule has 0 saturated carbocycles. The first-order chi connectivity index (χ1) is 16.1. The van der Waals surface area contributed by atoms with Crippen LogP contribution in [0.1, 0.15) is 11.1 Å². The van der Waals surface area contributed by atoms with Crippen molar-refractivity contribution in [2.24, 2.45) is 0 Å². The summed E-state index contributed by atoms with van der Waals surface area (Å²) in [4.78, 5) is 25.5. The van der Waals surface area contributed by atoms with Gasteiger partial charge >= 0.3 is 5.97 Å². The summed E-state index contributed by atoms with van der Waals surface area (Å²) in [5.41, 5.74) is 3.60. The van der Waals surface area contributed by atoms with Gasteiger partial charge in [-0.25, -0.2) is 0 Å². The molecule has 0 atom stereocenters. The van der Waals surface area contributed by atoms with Crippen LogP contribution in [0.4, 0.5) is 0 Å². The van der Waals surface area contributed by atoms with Gasteiger partial charge in [-0.1, -0.05) is 66.7 Å². The molecule has 0 spiro atoms. The van der Waals surface area contributed by atoms with Crippen LogP contribution in [0.25, 0.3) is 33.1 Å².